The predicted molar refractivity (Wildman–Crippen MR) is 129 cm³/mol. The smallest absolute Gasteiger partial charge is 0.337 e. The van der Waals surface area contributed by atoms with Gasteiger partial charge in [0.2, 0.25) is 0 Å². The highest BCUT2D eigenvalue weighted by atomic mass is 35.5. The number of nitrogens with one attached hydrogen (secondary N) is 1. The van der Waals surface area contributed by atoms with Crippen LogP contribution in [0.5, 0.6) is 5.75 Å². The zero-order valence-electron chi connectivity index (χ0n) is 18.4. The fourth-order valence-corrected chi connectivity index (χ4v) is 3.13. The van der Waals surface area contributed by atoms with E-state index in [0.29, 0.717) is 33.1 Å². The fraction of sp³-hybridized carbons (Fsp3) is 0.0800. The second-order valence-electron chi connectivity index (χ2n) is 7.09. The number of hydrogen-bond donors (Lipinski definition) is 1. The summed E-state index contributed by atoms with van der Waals surface area (Å²) in [6.07, 6.45) is 1.34. The van der Waals surface area contributed by atoms with Crippen LogP contribution in [0.4, 0.5) is 11.4 Å². The summed E-state index contributed by atoms with van der Waals surface area (Å²) in [6.45, 7) is 0.0983. The van der Waals surface area contributed by atoms with E-state index >= 15 is 0 Å². The molecule has 9 nitrogen and oxygen atoms in total. The van der Waals surface area contributed by atoms with Gasteiger partial charge in [-0.05, 0) is 66.2 Å². The molecule has 0 radical (unpaired) electrons. The van der Waals surface area contributed by atoms with E-state index in [0.717, 1.165) is 0 Å². The molecule has 0 bridgehead atoms. The quantitative estimate of drug-likeness (QED) is 0.151. The molecule has 0 aliphatic heterocycles. The molecule has 1 amide bonds. The van der Waals surface area contributed by atoms with E-state index < -0.39 is 16.8 Å². The minimum absolute atomic E-state index is 0.0338. The van der Waals surface area contributed by atoms with Crippen LogP contribution in [0.15, 0.2) is 72.3 Å². The lowest BCUT2D eigenvalue weighted by atomic mass is 10.1. The van der Waals surface area contributed by atoms with Crippen molar-refractivity contribution in [3.63, 3.8) is 0 Å². The summed E-state index contributed by atoms with van der Waals surface area (Å²) >= 11 is 6.10. The maximum atomic E-state index is 12.7. The second-order valence-corrected chi connectivity index (χ2v) is 7.52. The molecule has 10 heteroatoms. The number of hydrogen-bond acceptors (Lipinski definition) is 7. The number of halogens is 1. The van der Waals surface area contributed by atoms with Gasteiger partial charge in [0, 0.05) is 28.4 Å². The Bertz CT molecular complexity index is 1330. The van der Waals surface area contributed by atoms with Crippen molar-refractivity contribution in [3.05, 3.63) is 104 Å². The Morgan fingerprint density at radius 1 is 1.11 bits per heavy atom. The lowest BCUT2D eigenvalue weighted by Crippen LogP contribution is -2.13. The normalized spacial score (nSPS) is 10.7. The molecule has 0 aliphatic carbocycles. The third-order valence-electron chi connectivity index (χ3n) is 4.74. The van der Waals surface area contributed by atoms with Gasteiger partial charge >= 0.3 is 5.97 Å². The maximum absolute atomic E-state index is 12.7. The Balaban J connectivity index is 1.77. The summed E-state index contributed by atoms with van der Waals surface area (Å²) < 4.78 is 10.4. The SMILES string of the molecule is COC(=O)c1ccc(NC(=O)/C(C#N)=C/c2cc(Cl)ccc2OCc2ccc([N+](=O)[O-])cc2)cc1. The molecule has 3 aromatic rings. The number of nitrogens with zero attached hydrogens (tertiary/aromatic N) is 2. The van der Waals surface area contributed by atoms with Crippen LogP contribution in [0.2, 0.25) is 5.02 Å². The first-order valence-electron chi connectivity index (χ1n) is 10.1. The molecule has 0 atom stereocenters. The van der Waals surface area contributed by atoms with Crippen LogP contribution in [-0.4, -0.2) is 23.9 Å². The minimum Gasteiger partial charge on any atom is -0.488 e. The number of ether oxygens (including phenoxy) is 2. The first-order chi connectivity index (χ1) is 16.8. The van der Waals surface area contributed by atoms with Gasteiger partial charge in [0.05, 0.1) is 17.6 Å². The topological polar surface area (TPSA) is 132 Å². The van der Waals surface area contributed by atoms with Crippen molar-refractivity contribution in [2.75, 3.05) is 12.4 Å². The number of carbonyl (C=O) groups is 2. The standard InChI is InChI=1S/C25H18ClN3O6/c1-34-25(31)17-4-7-21(8-5-17)28-24(30)19(14-27)12-18-13-20(26)6-11-23(18)35-15-16-2-9-22(10-3-16)29(32)33/h2-13H,15H2,1H3,(H,28,30)/b19-12+. The van der Waals surface area contributed by atoms with Gasteiger partial charge in [-0.3, -0.25) is 14.9 Å². The van der Waals surface area contributed by atoms with Crippen molar-refractivity contribution in [1.82, 2.24) is 0 Å². The van der Waals surface area contributed by atoms with Crippen molar-refractivity contribution in [2.45, 2.75) is 6.61 Å². The Hall–Kier alpha value is -4.68. The van der Waals surface area contributed by atoms with Crippen LogP contribution in [0.25, 0.3) is 6.08 Å². The number of rotatable bonds is 8. The van der Waals surface area contributed by atoms with Gasteiger partial charge in [-0.2, -0.15) is 5.26 Å². The zero-order chi connectivity index (χ0) is 25.4. The number of non-ortho nitro benzene ring substituents is 1. The molecule has 0 heterocycles. The molecular weight excluding hydrogens is 474 g/mol. The first kappa shape index (κ1) is 25.0. The fourth-order valence-electron chi connectivity index (χ4n) is 2.95. The van der Waals surface area contributed by atoms with Gasteiger partial charge in [-0.1, -0.05) is 11.6 Å². The molecule has 1 N–H and O–H groups in total. The van der Waals surface area contributed by atoms with Gasteiger partial charge < -0.3 is 14.8 Å². The van der Waals surface area contributed by atoms with Crippen molar-refractivity contribution in [2.24, 2.45) is 0 Å². The minimum atomic E-state index is -0.667. The summed E-state index contributed by atoms with van der Waals surface area (Å²) in [5, 5.41) is 23.3. The molecule has 3 rings (SSSR count). The number of nitro benzene ring substituents is 1. The summed E-state index contributed by atoms with van der Waals surface area (Å²) in [7, 11) is 1.27. The summed E-state index contributed by atoms with van der Waals surface area (Å²) in [6, 6.07) is 18.5. The Kier molecular flexibility index (Phi) is 8.16. The first-order valence-corrected chi connectivity index (χ1v) is 10.5. The molecular formula is C25H18ClN3O6. The van der Waals surface area contributed by atoms with Crippen molar-refractivity contribution in [3.8, 4) is 11.8 Å². The third kappa shape index (κ3) is 6.66. The van der Waals surface area contributed by atoms with Crippen LogP contribution in [0, 0.1) is 21.4 Å². The number of amides is 1. The van der Waals surface area contributed by atoms with E-state index in [4.69, 9.17) is 16.3 Å². The monoisotopic (exact) mass is 491 g/mol. The molecule has 0 spiro atoms. The van der Waals surface area contributed by atoms with Gasteiger partial charge in [0.1, 0.15) is 24.0 Å². The van der Waals surface area contributed by atoms with E-state index in [1.165, 1.54) is 49.6 Å². The predicted octanol–water partition coefficient (Wildman–Crippen LogP) is 5.16. The second kappa shape index (κ2) is 11.4. The largest absolute Gasteiger partial charge is 0.488 e. The van der Waals surface area contributed by atoms with Crippen molar-refractivity contribution >= 4 is 40.9 Å². The van der Waals surface area contributed by atoms with E-state index in [2.05, 4.69) is 10.1 Å². The highest BCUT2D eigenvalue weighted by Gasteiger charge is 2.13. The highest BCUT2D eigenvalue weighted by molar-refractivity contribution is 6.30. The molecule has 3 aromatic carbocycles. The molecule has 0 aliphatic rings. The Labute approximate surface area is 205 Å². The number of benzene rings is 3. The van der Waals surface area contributed by atoms with E-state index in [1.54, 1.807) is 30.3 Å². The summed E-state index contributed by atoms with van der Waals surface area (Å²) in [4.78, 5) is 34.5. The molecule has 176 valence electrons. The molecule has 0 saturated heterocycles. The number of anilines is 1. The highest BCUT2D eigenvalue weighted by Crippen LogP contribution is 2.27. The molecule has 35 heavy (non-hydrogen) atoms. The Morgan fingerprint density at radius 2 is 1.80 bits per heavy atom. The molecule has 0 fully saturated rings. The molecule has 0 aromatic heterocycles. The van der Waals surface area contributed by atoms with Gasteiger partial charge in [0.15, 0.2) is 0 Å². The third-order valence-corrected chi connectivity index (χ3v) is 4.98. The van der Waals surface area contributed by atoms with Crippen molar-refractivity contribution in [1.29, 1.82) is 5.26 Å². The van der Waals surface area contributed by atoms with Crippen LogP contribution in [0.1, 0.15) is 21.5 Å². The lowest BCUT2D eigenvalue weighted by Gasteiger charge is -2.11. The van der Waals surface area contributed by atoms with Crippen molar-refractivity contribution < 1.29 is 24.0 Å². The maximum Gasteiger partial charge on any atom is 0.337 e. The zero-order valence-corrected chi connectivity index (χ0v) is 19.1. The number of carbonyl (C=O) groups excluding carboxylic acids is 2. The van der Waals surface area contributed by atoms with Crippen LogP contribution >= 0.6 is 11.6 Å². The van der Waals surface area contributed by atoms with E-state index in [-0.39, 0.29) is 17.9 Å². The summed E-state index contributed by atoms with van der Waals surface area (Å²) in [5.74, 6) is -0.821. The lowest BCUT2D eigenvalue weighted by molar-refractivity contribution is -0.384. The molecule has 0 saturated carbocycles. The van der Waals surface area contributed by atoms with Gasteiger partial charge in [0.25, 0.3) is 11.6 Å². The average molecular weight is 492 g/mol. The number of nitro groups is 1. The number of esters is 1. The Morgan fingerprint density at radius 3 is 2.40 bits per heavy atom. The van der Waals surface area contributed by atoms with E-state index in [9.17, 15) is 25.0 Å². The van der Waals surface area contributed by atoms with Crippen LogP contribution in [0.3, 0.4) is 0 Å². The number of nitriles is 1. The van der Waals surface area contributed by atoms with E-state index in [1.807, 2.05) is 6.07 Å². The van der Waals surface area contributed by atoms with Crippen LogP contribution < -0.4 is 10.1 Å². The summed E-state index contributed by atoms with van der Waals surface area (Å²) in [5.41, 5.74) is 1.54. The average Bonchev–Trinajstić information content (AvgIpc) is 2.86. The van der Waals surface area contributed by atoms with Crippen LogP contribution in [-0.2, 0) is 16.1 Å². The number of methoxy groups -OCH3 is 1. The van der Waals surface area contributed by atoms with Gasteiger partial charge in [-0.15, -0.1) is 0 Å². The van der Waals surface area contributed by atoms with Gasteiger partial charge in [-0.25, -0.2) is 4.79 Å². The molecule has 0 unspecified atom stereocenters.